The molecule has 1 aromatic rings. The summed E-state index contributed by atoms with van der Waals surface area (Å²) in [6.45, 7) is 4.33. The minimum Gasteiger partial charge on any atom is -0.386 e. The zero-order chi connectivity index (χ0) is 11.7. The summed E-state index contributed by atoms with van der Waals surface area (Å²) < 4.78 is 1.66. The second kappa shape index (κ2) is 4.37. The van der Waals surface area contributed by atoms with E-state index in [1.165, 1.54) is 5.57 Å². The molecule has 1 aliphatic rings. The molecule has 3 unspecified atom stereocenters. The van der Waals surface area contributed by atoms with Crippen molar-refractivity contribution in [3.63, 3.8) is 0 Å². The van der Waals surface area contributed by atoms with Crippen molar-refractivity contribution in [2.75, 3.05) is 0 Å². The highest BCUT2D eigenvalue weighted by Gasteiger charge is 2.27. The lowest BCUT2D eigenvalue weighted by Gasteiger charge is -2.29. The molecule has 0 spiro atoms. The third-order valence-electron chi connectivity index (χ3n) is 3.33. The molecule has 1 aromatic heterocycles. The average Bonchev–Trinajstić information content (AvgIpc) is 2.62. The number of nitrogens with zero attached hydrogens (tertiary/aromatic N) is 3. The molecule has 2 rings (SSSR count). The Bertz CT molecular complexity index is 397. The van der Waals surface area contributed by atoms with E-state index in [0.29, 0.717) is 5.92 Å². The largest absolute Gasteiger partial charge is 0.386 e. The summed E-state index contributed by atoms with van der Waals surface area (Å²) in [6, 6.07) is 0. The van der Waals surface area contributed by atoms with Crippen LogP contribution in [0.15, 0.2) is 17.8 Å². The molecule has 1 heterocycles. The minimum atomic E-state index is -0.453. The van der Waals surface area contributed by atoms with Gasteiger partial charge in [-0.05, 0) is 31.6 Å². The normalized spacial score (nSPS) is 27.6. The number of rotatable bonds is 2. The van der Waals surface area contributed by atoms with Crippen LogP contribution in [0.5, 0.6) is 0 Å². The maximum Gasteiger partial charge on any atom is 0.100 e. The Balaban J connectivity index is 2.15. The third kappa shape index (κ3) is 2.16. The van der Waals surface area contributed by atoms with E-state index in [1.54, 1.807) is 10.9 Å². The molecule has 4 heteroatoms. The van der Waals surface area contributed by atoms with Crippen LogP contribution in [-0.2, 0) is 7.05 Å². The van der Waals surface area contributed by atoms with Crippen LogP contribution in [0.4, 0.5) is 0 Å². The van der Waals surface area contributed by atoms with Crippen molar-refractivity contribution in [2.45, 2.75) is 32.8 Å². The van der Waals surface area contributed by atoms with Gasteiger partial charge in [-0.1, -0.05) is 23.8 Å². The predicted molar refractivity (Wildman–Crippen MR) is 61.6 cm³/mol. The summed E-state index contributed by atoms with van der Waals surface area (Å²) in [6.07, 6.45) is 5.50. The number of aromatic nitrogens is 3. The average molecular weight is 221 g/mol. The number of aliphatic hydroxyl groups excluding tert-OH is 1. The molecule has 0 saturated heterocycles. The first kappa shape index (κ1) is 11.3. The number of allylic oxidation sites excluding steroid dienone is 2. The quantitative estimate of drug-likeness (QED) is 0.775. The zero-order valence-corrected chi connectivity index (χ0v) is 10.1. The van der Waals surface area contributed by atoms with Crippen molar-refractivity contribution in [3.05, 3.63) is 23.5 Å². The van der Waals surface area contributed by atoms with Gasteiger partial charge in [-0.3, -0.25) is 0 Å². The van der Waals surface area contributed by atoms with Crippen LogP contribution in [0.25, 0.3) is 0 Å². The second-order valence-corrected chi connectivity index (χ2v) is 4.92. The van der Waals surface area contributed by atoms with Crippen LogP contribution in [0, 0.1) is 11.8 Å². The van der Waals surface area contributed by atoms with E-state index in [4.69, 9.17) is 0 Å². The molecule has 88 valence electrons. The van der Waals surface area contributed by atoms with Crippen molar-refractivity contribution in [1.29, 1.82) is 0 Å². The number of aliphatic hydroxyl groups is 1. The fraction of sp³-hybridized carbons (Fsp3) is 0.667. The molecule has 1 N–H and O–H groups in total. The van der Waals surface area contributed by atoms with E-state index in [0.717, 1.165) is 18.5 Å². The van der Waals surface area contributed by atoms with Crippen LogP contribution in [0.1, 0.15) is 38.5 Å². The standard InChI is InChI=1S/C12H19N3O/c1-8-4-9(2)6-10(5-8)12(16)11-7-13-14-15(11)3/h4,7-8,10,12,16H,5-6H2,1-3H3. The summed E-state index contributed by atoms with van der Waals surface area (Å²) in [5.74, 6) is 0.840. The number of hydrogen-bond donors (Lipinski definition) is 1. The third-order valence-corrected chi connectivity index (χ3v) is 3.33. The van der Waals surface area contributed by atoms with Crippen molar-refractivity contribution in [1.82, 2.24) is 15.0 Å². The molecular weight excluding hydrogens is 202 g/mol. The van der Waals surface area contributed by atoms with E-state index in [1.807, 2.05) is 7.05 Å². The minimum absolute atomic E-state index is 0.289. The first-order chi connectivity index (χ1) is 7.58. The smallest absolute Gasteiger partial charge is 0.100 e. The topological polar surface area (TPSA) is 50.9 Å². The molecule has 0 aliphatic heterocycles. The summed E-state index contributed by atoms with van der Waals surface area (Å²) in [7, 11) is 1.82. The number of hydrogen-bond acceptors (Lipinski definition) is 3. The van der Waals surface area contributed by atoms with Gasteiger partial charge in [0.15, 0.2) is 0 Å². The van der Waals surface area contributed by atoms with Crippen LogP contribution in [0.2, 0.25) is 0 Å². The molecule has 0 amide bonds. The fourth-order valence-corrected chi connectivity index (χ4v) is 2.64. The van der Waals surface area contributed by atoms with Gasteiger partial charge >= 0.3 is 0 Å². The lowest BCUT2D eigenvalue weighted by Crippen LogP contribution is -2.21. The van der Waals surface area contributed by atoms with Crippen LogP contribution < -0.4 is 0 Å². The highest BCUT2D eigenvalue weighted by atomic mass is 16.3. The first-order valence-corrected chi connectivity index (χ1v) is 5.78. The number of aryl methyl sites for hydroxylation is 1. The maximum atomic E-state index is 10.3. The summed E-state index contributed by atoms with van der Waals surface area (Å²) in [4.78, 5) is 0. The molecule has 0 saturated carbocycles. The molecule has 0 fully saturated rings. The van der Waals surface area contributed by atoms with Crippen LogP contribution in [0.3, 0.4) is 0 Å². The van der Waals surface area contributed by atoms with Crippen molar-refractivity contribution >= 4 is 0 Å². The van der Waals surface area contributed by atoms with Gasteiger partial charge in [0.05, 0.1) is 11.9 Å². The molecule has 16 heavy (non-hydrogen) atoms. The van der Waals surface area contributed by atoms with Crippen LogP contribution >= 0.6 is 0 Å². The highest BCUT2D eigenvalue weighted by molar-refractivity contribution is 5.10. The van der Waals surface area contributed by atoms with Gasteiger partial charge in [0.2, 0.25) is 0 Å². The van der Waals surface area contributed by atoms with E-state index < -0.39 is 6.10 Å². The van der Waals surface area contributed by atoms with Gasteiger partial charge in [0, 0.05) is 7.05 Å². The molecule has 0 aromatic carbocycles. The van der Waals surface area contributed by atoms with Gasteiger partial charge in [0.25, 0.3) is 0 Å². The van der Waals surface area contributed by atoms with E-state index >= 15 is 0 Å². The molecule has 1 aliphatic carbocycles. The van der Waals surface area contributed by atoms with Crippen molar-refractivity contribution in [2.24, 2.45) is 18.9 Å². The monoisotopic (exact) mass is 221 g/mol. The van der Waals surface area contributed by atoms with E-state index in [9.17, 15) is 5.11 Å². The zero-order valence-electron chi connectivity index (χ0n) is 10.1. The Kier molecular flexibility index (Phi) is 3.10. The van der Waals surface area contributed by atoms with Gasteiger partial charge in [-0.15, -0.1) is 5.10 Å². The van der Waals surface area contributed by atoms with Gasteiger partial charge in [-0.2, -0.15) is 0 Å². The van der Waals surface area contributed by atoms with Crippen molar-refractivity contribution in [3.8, 4) is 0 Å². The first-order valence-electron chi connectivity index (χ1n) is 5.78. The second-order valence-electron chi connectivity index (χ2n) is 4.92. The molecule has 0 bridgehead atoms. The lowest BCUT2D eigenvalue weighted by atomic mass is 9.80. The van der Waals surface area contributed by atoms with Crippen LogP contribution in [-0.4, -0.2) is 20.1 Å². The molecule has 0 radical (unpaired) electrons. The summed E-state index contributed by atoms with van der Waals surface area (Å²) >= 11 is 0. The Hall–Kier alpha value is -1.16. The van der Waals surface area contributed by atoms with Crippen molar-refractivity contribution < 1.29 is 5.11 Å². The Morgan fingerprint density at radius 2 is 2.31 bits per heavy atom. The summed E-state index contributed by atoms with van der Waals surface area (Å²) in [5.41, 5.74) is 2.19. The molecule has 4 nitrogen and oxygen atoms in total. The Labute approximate surface area is 96.0 Å². The maximum absolute atomic E-state index is 10.3. The fourth-order valence-electron chi connectivity index (χ4n) is 2.64. The van der Waals surface area contributed by atoms with Gasteiger partial charge in [-0.25, -0.2) is 4.68 Å². The van der Waals surface area contributed by atoms with E-state index in [-0.39, 0.29) is 5.92 Å². The Morgan fingerprint density at radius 1 is 1.56 bits per heavy atom. The van der Waals surface area contributed by atoms with E-state index in [2.05, 4.69) is 30.2 Å². The highest BCUT2D eigenvalue weighted by Crippen LogP contribution is 2.36. The summed E-state index contributed by atoms with van der Waals surface area (Å²) in [5, 5.41) is 18.0. The SMILES string of the molecule is CC1=CC(C)CC(C(O)c2cnnn2C)C1. The van der Waals surface area contributed by atoms with Gasteiger partial charge in [0.1, 0.15) is 6.10 Å². The Morgan fingerprint density at radius 3 is 2.88 bits per heavy atom. The predicted octanol–water partition coefficient (Wildman–Crippen LogP) is 1.84. The molecule has 3 atom stereocenters. The lowest BCUT2D eigenvalue weighted by molar-refractivity contribution is 0.0858. The molecular formula is C12H19N3O. The van der Waals surface area contributed by atoms with Gasteiger partial charge < -0.3 is 5.11 Å².